The van der Waals surface area contributed by atoms with Gasteiger partial charge in [0, 0.05) is 25.7 Å². The average molecular weight is 234 g/mol. The topological polar surface area (TPSA) is 38.5 Å². The van der Waals surface area contributed by atoms with Crippen molar-refractivity contribution in [2.24, 2.45) is 5.73 Å². The van der Waals surface area contributed by atoms with Gasteiger partial charge in [-0.1, -0.05) is 30.3 Å². The Bertz CT molecular complexity index is 326. The van der Waals surface area contributed by atoms with E-state index in [-0.39, 0.29) is 6.04 Å². The Kier molecular flexibility index (Phi) is 4.54. The molecular weight excluding hydrogens is 212 g/mol. The van der Waals surface area contributed by atoms with Crippen molar-refractivity contribution in [3.63, 3.8) is 0 Å². The highest BCUT2D eigenvalue weighted by molar-refractivity contribution is 5.13. The third-order valence-corrected chi connectivity index (χ3v) is 3.10. The van der Waals surface area contributed by atoms with Crippen molar-refractivity contribution < 1.29 is 4.74 Å². The van der Waals surface area contributed by atoms with Gasteiger partial charge in [0.25, 0.3) is 0 Å². The fourth-order valence-electron chi connectivity index (χ4n) is 2.29. The second-order valence-electron chi connectivity index (χ2n) is 4.94. The van der Waals surface area contributed by atoms with Crippen molar-refractivity contribution in [3.05, 3.63) is 35.9 Å². The first-order valence-electron chi connectivity index (χ1n) is 6.37. The third kappa shape index (κ3) is 4.11. The third-order valence-electron chi connectivity index (χ3n) is 3.10. The fourth-order valence-corrected chi connectivity index (χ4v) is 2.29. The van der Waals surface area contributed by atoms with E-state index >= 15 is 0 Å². The molecule has 2 atom stereocenters. The zero-order valence-corrected chi connectivity index (χ0v) is 10.5. The van der Waals surface area contributed by atoms with Crippen molar-refractivity contribution in [2.75, 3.05) is 19.6 Å². The van der Waals surface area contributed by atoms with Gasteiger partial charge in [0.2, 0.25) is 0 Å². The minimum Gasteiger partial charge on any atom is -0.372 e. The van der Waals surface area contributed by atoms with Gasteiger partial charge in [-0.3, -0.25) is 4.90 Å². The van der Waals surface area contributed by atoms with E-state index in [1.54, 1.807) is 0 Å². The largest absolute Gasteiger partial charge is 0.372 e. The van der Waals surface area contributed by atoms with Crippen LogP contribution in [0.4, 0.5) is 0 Å². The molecule has 0 spiro atoms. The first-order valence-corrected chi connectivity index (χ1v) is 6.37. The van der Waals surface area contributed by atoms with Gasteiger partial charge in [-0.15, -0.1) is 0 Å². The number of ether oxygens (including phenoxy) is 1. The van der Waals surface area contributed by atoms with Crippen LogP contribution in [-0.4, -0.2) is 36.7 Å². The van der Waals surface area contributed by atoms with E-state index in [9.17, 15) is 0 Å². The van der Waals surface area contributed by atoms with Crippen LogP contribution < -0.4 is 5.73 Å². The second kappa shape index (κ2) is 6.15. The maximum Gasteiger partial charge on any atom is 0.0721 e. The van der Waals surface area contributed by atoms with Crippen molar-refractivity contribution >= 4 is 0 Å². The number of benzene rings is 1. The van der Waals surface area contributed by atoms with Crippen LogP contribution in [-0.2, 0) is 11.3 Å². The van der Waals surface area contributed by atoms with Gasteiger partial charge in [0.1, 0.15) is 0 Å². The number of rotatable bonds is 5. The molecule has 1 aliphatic heterocycles. The van der Waals surface area contributed by atoms with Crippen molar-refractivity contribution in [2.45, 2.75) is 32.1 Å². The maximum absolute atomic E-state index is 5.92. The zero-order chi connectivity index (χ0) is 12.1. The molecule has 0 radical (unpaired) electrons. The number of likely N-dealkylation sites (tertiary alicyclic amines) is 1. The van der Waals surface area contributed by atoms with E-state index in [1.165, 1.54) is 5.56 Å². The first-order chi connectivity index (χ1) is 8.24. The summed E-state index contributed by atoms with van der Waals surface area (Å²) in [5.41, 5.74) is 7.05. The van der Waals surface area contributed by atoms with E-state index < -0.39 is 0 Å². The predicted octanol–water partition coefficient (Wildman–Crippen LogP) is 1.62. The smallest absolute Gasteiger partial charge is 0.0721 e. The van der Waals surface area contributed by atoms with Gasteiger partial charge in [-0.2, -0.15) is 0 Å². The summed E-state index contributed by atoms with van der Waals surface area (Å²) < 4.78 is 5.92. The molecule has 1 fully saturated rings. The van der Waals surface area contributed by atoms with Gasteiger partial charge < -0.3 is 10.5 Å². The number of hydrogen-bond acceptors (Lipinski definition) is 3. The van der Waals surface area contributed by atoms with Crippen LogP contribution in [0.1, 0.15) is 18.9 Å². The lowest BCUT2D eigenvalue weighted by Gasteiger charge is -2.18. The molecule has 3 nitrogen and oxygen atoms in total. The van der Waals surface area contributed by atoms with Crippen LogP contribution in [0.15, 0.2) is 30.3 Å². The van der Waals surface area contributed by atoms with E-state index in [1.807, 2.05) is 6.07 Å². The Balaban J connectivity index is 1.71. The molecule has 1 aromatic carbocycles. The molecule has 2 N–H and O–H groups in total. The molecule has 94 valence electrons. The molecule has 17 heavy (non-hydrogen) atoms. The predicted molar refractivity (Wildman–Crippen MR) is 69.7 cm³/mol. The Morgan fingerprint density at radius 1 is 1.41 bits per heavy atom. The maximum atomic E-state index is 5.92. The molecule has 1 saturated heterocycles. The Morgan fingerprint density at radius 2 is 2.18 bits per heavy atom. The lowest BCUT2D eigenvalue weighted by molar-refractivity contribution is 0.0464. The highest BCUT2D eigenvalue weighted by Crippen LogP contribution is 2.14. The van der Waals surface area contributed by atoms with Crippen molar-refractivity contribution in [3.8, 4) is 0 Å². The van der Waals surface area contributed by atoms with Gasteiger partial charge >= 0.3 is 0 Å². The van der Waals surface area contributed by atoms with E-state index in [0.717, 1.165) is 32.7 Å². The fraction of sp³-hybridized carbons (Fsp3) is 0.571. The number of hydrogen-bond donors (Lipinski definition) is 1. The second-order valence-corrected chi connectivity index (χ2v) is 4.94. The van der Waals surface area contributed by atoms with Crippen LogP contribution >= 0.6 is 0 Å². The SMILES string of the molecule is C[C@@H](N)CN1CCC(OCc2ccccc2)C1. The Hall–Kier alpha value is -0.900. The Morgan fingerprint density at radius 3 is 2.88 bits per heavy atom. The minimum absolute atomic E-state index is 0.253. The first kappa shape index (κ1) is 12.6. The molecule has 0 bridgehead atoms. The molecule has 0 amide bonds. The summed E-state index contributed by atoms with van der Waals surface area (Å²) in [5, 5.41) is 0. The normalized spacial score (nSPS) is 22.8. The molecular formula is C14H22N2O. The highest BCUT2D eigenvalue weighted by Gasteiger charge is 2.23. The molecule has 1 heterocycles. The lowest BCUT2D eigenvalue weighted by Crippen LogP contribution is -2.34. The van der Waals surface area contributed by atoms with E-state index in [0.29, 0.717) is 6.10 Å². The van der Waals surface area contributed by atoms with Crippen LogP contribution in [0.2, 0.25) is 0 Å². The van der Waals surface area contributed by atoms with E-state index in [4.69, 9.17) is 10.5 Å². The van der Waals surface area contributed by atoms with Crippen molar-refractivity contribution in [1.29, 1.82) is 0 Å². The summed E-state index contributed by atoms with van der Waals surface area (Å²) in [6.45, 7) is 5.89. The van der Waals surface area contributed by atoms with Crippen molar-refractivity contribution in [1.82, 2.24) is 4.90 Å². The monoisotopic (exact) mass is 234 g/mol. The number of nitrogens with zero attached hydrogens (tertiary/aromatic N) is 1. The van der Waals surface area contributed by atoms with Gasteiger partial charge in [-0.05, 0) is 18.9 Å². The van der Waals surface area contributed by atoms with Gasteiger partial charge in [-0.25, -0.2) is 0 Å². The molecule has 1 aliphatic rings. The lowest BCUT2D eigenvalue weighted by atomic mass is 10.2. The summed E-state index contributed by atoms with van der Waals surface area (Å²) in [5.74, 6) is 0. The standard InChI is InChI=1S/C14H22N2O/c1-12(15)9-16-8-7-14(10-16)17-11-13-5-3-2-4-6-13/h2-6,12,14H,7-11,15H2,1H3/t12-,14?/m1/s1. The van der Waals surface area contributed by atoms with E-state index in [2.05, 4.69) is 36.1 Å². The highest BCUT2D eigenvalue weighted by atomic mass is 16.5. The summed E-state index contributed by atoms with van der Waals surface area (Å²) in [7, 11) is 0. The minimum atomic E-state index is 0.253. The summed E-state index contributed by atoms with van der Waals surface area (Å²) in [6.07, 6.45) is 1.49. The average Bonchev–Trinajstić information content (AvgIpc) is 2.75. The molecule has 0 aliphatic carbocycles. The van der Waals surface area contributed by atoms with Gasteiger partial charge in [0.05, 0.1) is 12.7 Å². The summed E-state index contributed by atoms with van der Waals surface area (Å²) >= 11 is 0. The van der Waals surface area contributed by atoms with Crippen LogP contribution in [0.25, 0.3) is 0 Å². The zero-order valence-electron chi connectivity index (χ0n) is 10.5. The summed E-state index contributed by atoms with van der Waals surface area (Å²) in [6, 6.07) is 10.6. The van der Waals surface area contributed by atoms with Crippen LogP contribution in [0.5, 0.6) is 0 Å². The van der Waals surface area contributed by atoms with Crippen LogP contribution in [0.3, 0.4) is 0 Å². The number of nitrogens with two attached hydrogens (primary N) is 1. The molecule has 0 saturated carbocycles. The summed E-state index contributed by atoms with van der Waals surface area (Å²) in [4.78, 5) is 2.39. The molecule has 0 aromatic heterocycles. The molecule has 1 aromatic rings. The molecule has 3 heteroatoms. The van der Waals surface area contributed by atoms with Crippen LogP contribution in [0, 0.1) is 0 Å². The molecule has 1 unspecified atom stereocenters. The van der Waals surface area contributed by atoms with Gasteiger partial charge in [0.15, 0.2) is 0 Å². The quantitative estimate of drug-likeness (QED) is 0.841. The Labute approximate surface area is 104 Å². The molecule has 2 rings (SSSR count).